The van der Waals surface area contributed by atoms with Gasteiger partial charge in [0, 0.05) is 12.8 Å². The van der Waals surface area contributed by atoms with Crippen molar-refractivity contribution in [3.05, 3.63) is 0 Å². The molecule has 2 atom stereocenters. The van der Waals surface area contributed by atoms with Crippen molar-refractivity contribution in [3.8, 4) is 0 Å². The molecule has 0 aromatic rings. The summed E-state index contributed by atoms with van der Waals surface area (Å²) in [4.78, 5) is 34.8. The van der Waals surface area contributed by atoms with Crippen LogP contribution >= 0.6 is 7.82 Å². The lowest BCUT2D eigenvalue weighted by Gasteiger charge is -2.24. The lowest BCUT2D eigenvalue weighted by atomic mass is 10.0. The Labute approximate surface area is 264 Å². The number of quaternary nitrogens is 1. The van der Waals surface area contributed by atoms with Crippen LogP contribution in [-0.4, -0.2) is 74.9 Å². The standard InChI is InChI=1S/C33H66NO8P/c1-6-8-10-12-14-15-16-17-18-19-20-22-23-25-32(35)39-29-31(42-33(36)26-24-21-13-11-9-7-2)30-41-43(37,38)40-28-27-34(3,4)5/h31H,6-30H2,1-5H3/p+1/t31-/m1/s1. The van der Waals surface area contributed by atoms with Crippen LogP contribution in [0, 0.1) is 0 Å². The molecule has 0 spiro atoms. The molecule has 0 heterocycles. The summed E-state index contributed by atoms with van der Waals surface area (Å²) in [5.41, 5.74) is 0. The molecule has 0 fully saturated rings. The molecule has 1 unspecified atom stereocenters. The second-order valence-electron chi connectivity index (χ2n) is 12.9. The Balaban J connectivity index is 4.37. The van der Waals surface area contributed by atoms with Gasteiger partial charge in [-0.1, -0.05) is 123 Å². The van der Waals surface area contributed by atoms with E-state index in [-0.39, 0.29) is 25.6 Å². The predicted molar refractivity (Wildman–Crippen MR) is 174 cm³/mol. The van der Waals surface area contributed by atoms with Gasteiger partial charge in [0.15, 0.2) is 6.10 Å². The summed E-state index contributed by atoms with van der Waals surface area (Å²) in [6.45, 7) is 4.34. The van der Waals surface area contributed by atoms with Gasteiger partial charge in [0.1, 0.15) is 19.8 Å². The third-order valence-corrected chi connectivity index (χ3v) is 8.37. The normalized spacial score (nSPS) is 13.9. The van der Waals surface area contributed by atoms with Crippen molar-refractivity contribution in [1.82, 2.24) is 0 Å². The minimum absolute atomic E-state index is 0.0356. The number of unbranched alkanes of at least 4 members (excludes halogenated alkanes) is 17. The zero-order valence-electron chi connectivity index (χ0n) is 28.5. The summed E-state index contributed by atoms with van der Waals surface area (Å²) in [5.74, 6) is -0.804. The van der Waals surface area contributed by atoms with Crippen LogP contribution in [0.2, 0.25) is 0 Å². The molecular formula is C33H67NO8P+. The number of phosphoric acid groups is 1. The number of esters is 2. The molecule has 1 N–H and O–H groups in total. The molecule has 0 aliphatic carbocycles. The monoisotopic (exact) mass is 636 g/mol. The first-order valence-electron chi connectivity index (χ1n) is 17.3. The largest absolute Gasteiger partial charge is 0.472 e. The fourth-order valence-electron chi connectivity index (χ4n) is 4.60. The van der Waals surface area contributed by atoms with E-state index in [4.69, 9.17) is 18.5 Å². The summed E-state index contributed by atoms with van der Waals surface area (Å²) in [6, 6.07) is 0. The van der Waals surface area contributed by atoms with Gasteiger partial charge in [-0.2, -0.15) is 0 Å². The topological polar surface area (TPSA) is 108 Å². The molecule has 0 aromatic carbocycles. The second-order valence-corrected chi connectivity index (χ2v) is 14.4. The number of hydrogen-bond donors (Lipinski definition) is 1. The molecule has 256 valence electrons. The molecule has 0 bridgehead atoms. The minimum Gasteiger partial charge on any atom is -0.462 e. The van der Waals surface area contributed by atoms with E-state index in [1.807, 2.05) is 21.1 Å². The first-order valence-corrected chi connectivity index (χ1v) is 18.8. The van der Waals surface area contributed by atoms with Crippen molar-refractivity contribution >= 4 is 19.8 Å². The van der Waals surface area contributed by atoms with E-state index >= 15 is 0 Å². The maximum absolute atomic E-state index is 12.4. The smallest absolute Gasteiger partial charge is 0.462 e. The van der Waals surface area contributed by atoms with E-state index in [1.54, 1.807) is 0 Å². The van der Waals surface area contributed by atoms with Crippen molar-refractivity contribution in [1.29, 1.82) is 0 Å². The van der Waals surface area contributed by atoms with E-state index in [2.05, 4.69) is 13.8 Å². The highest BCUT2D eigenvalue weighted by atomic mass is 31.2. The molecule has 0 aliphatic rings. The number of nitrogens with zero attached hydrogens (tertiary/aromatic N) is 1. The molecule has 0 aromatic heterocycles. The Bertz CT molecular complexity index is 728. The van der Waals surface area contributed by atoms with E-state index < -0.39 is 26.5 Å². The third kappa shape index (κ3) is 30.8. The lowest BCUT2D eigenvalue weighted by molar-refractivity contribution is -0.870. The average Bonchev–Trinajstić information content (AvgIpc) is 2.93. The Morgan fingerprint density at radius 2 is 1.05 bits per heavy atom. The number of rotatable bonds is 31. The van der Waals surface area contributed by atoms with Crippen molar-refractivity contribution < 1.29 is 42.1 Å². The average molecular weight is 637 g/mol. The number of ether oxygens (including phenoxy) is 2. The number of carbonyl (C=O) groups excluding carboxylic acids is 2. The maximum Gasteiger partial charge on any atom is 0.472 e. The number of phosphoric ester groups is 1. The quantitative estimate of drug-likeness (QED) is 0.0349. The summed E-state index contributed by atoms with van der Waals surface area (Å²) in [6.07, 6.45) is 21.8. The first kappa shape index (κ1) is 42.0. The number of carbonyl (C=O) groups is 2. The van der Waals surface area contributed by atoms with Gasteiger partial charge in [0.05, 0.1) is 27.7 Å². The van der Waals surface area contributed by atoms with Crippen LogP contribution in [0.1, 0.15) is 149 Å². The highest BCUT2D eigenvalue weighted by Gasteiger charge is 2.27. The van der Waals surface area contributed by atoms with Crippen LogP contribution in [-0.2, 0) is 32.7 Å². The van der Waals surface area contributed by atoms with Crippen LogP contribution in [0.25, 0.3) is 0 Å². The predicted octanol–water partition coefficient (Wildman–Crippen LogP) is 8.51. The molecule has 0 aliphatic heterocycles. The van der Waals surface area contributed by atoms with E-state index in [9.17, 15) is 19.0 Å². The van der Waals surface area contributed by atoms with Crippen molar-refractivity contribution in [2.45, 2.75) is 155 Å². The second kappa shape index (κ2) is 27.3. The Kier molecular flexibility index (Phi) is 26.7. The molecule has 0 saturated heterocycles. The Morgan fingerprint density at radius 1 is 0.628 bits per heavy atom. The van der Waals surface area contributed by atoms with Gasteiger partial charge < -0.3 is 18.9 Å². The van der Waals surface area contributed by atoms with Crippen LogP contribution in [0.5, 0.6) is 0 Å². The van der Waals surface area contributed by atoms with E-state index in [0.717, 1.165) is 44.9 Å². The van der Waals surface area contributed by atoms with Gasteiger partial charge >= 0.3 is 19.8 Å². The van der Waals surface area contributed by atoms with Crippen molar-refractivity contribution in [3.63, 3.8) is 0 Å². The molecule has 0 rings (SSSR count). The zero-order chi connectivity index (χ0) is 32.2. The summed E-state index contributed by atoms with van der Waals surface area (Å²) in [7, 11) is 1.48. The van der Waals surface area contributed by atoms with E-state index in [0.29, 0.717) is 23.9 Å². The van der Waals surface area contributed by atoms with Crippen LogP contribution in [0.15, 0.2) is 0 Å². The maximum atomic E-state index is 12.4. The van der Waals surface area contributed by atoms with Gasteiger partial charge in [-0.15, -0.1) is 0 Å². The zero-order valence-corrected chi connectivity index (χ0v) is 29.3. The lowest BCUT2D eigenvalue weighted by Crippen LogP contribution is -2.37. The van der Waals surface area contributed by atoms with Crippen molar-refractivity contribution in [2.75, 3.05) is 47.5 Å². The van der Waals surface area contributed by atoms with Crippen LogP contribution in [0.3, 0.4) is 0 Å². The van der Waals surface area contributed by atoms with Crippen LogP contribution in [0.4, 0.5) is 0 Å². The third-order valence-electron chi connectivity index (χ3n) is 7.39. The van der Waals surface area contributed by atoms with Gasteiger partial charge in [0.2, 0.25) is 0 Å². The summed E-state index contributed by atoms with van der Waals surface area (Å²) in [5, 5.41) is 0. The van der Waals surface area contributed by atoms with Crippen LogP contribution < -0.4 is 0 Å². The molecule has 0 amide bonds. The summed E-state index contributed by atoms with van der Waals surface area (Å²) < 4.78 is 33.9. The molecule has 0 radical (unpaired) electrons. The van der Waals surface area contributed by atoms with Gasteiger partial charge in [0.25, 0.3) is 0 Å². The number of hydrogen-bond acceptors (Lipinski definition) is 7. The molecule has 43 heavy (non-hydrogen) atoms. The molecule has 10 heteroatoms. The molecule has 0 saturated carbocycles. The minimum atomic E-state index is -4.35. The Hall–Kier alpha value is -0.990. The first-order chi connectivity index (χ1) is 20.5. The highest BCUT2D eigenvalue weighted by Crippen LogP contribution is 2.43. The van der Waals surface area contributed by atoms with Gasteiger partial charge in [-0.05, 0) is 12.8 Å². The Morgan fingerprint density at radius 3 is 1.49 bits per heavy atom. The SMILES string of the molecule is CCCCCCCCCCCCCCCC(=O)OC[C@H](COP(=O)(O)OCC[N+](C)(C)C)OC(=O)CCCCCCCC. The summed E-state index contributed by atoms with van der Waals surface area (Å²) >= 11 is 0. The molecular weight excluding hydrogens is 569 g/mol. The van der Waals surface area contributed by atoms with Crippen molar-refractivity contribution in [2.24, 2.45) is 0 Å². The fourth-order valence-corrected chi connectivity index (χ4v) is 5.34. The molecule has 9 nitrogen and oxygen atoms in total. The van der Waals surface area contributed by atoms with Gasteiger partial charge in [-0.25, -0.2) is 4.57 Å². The van der Waals surface area contributed by atoms with E-state index in [1.165, 1.54) is 70.6 Å². The fraction of sp³-hybridized carbons (Fsp3) is 0.939. The van der Waals surface area contributed by atoms with Gasteiger partial charge in [-0.3, -0.25) is 18.6 Å². The highest BCUT2D eigenvalue weighted by molar-refractivity contribution is 7.47. The number of likely N-dealkylation sites (N-methyl/N-ethyl adjacent to an activating group) is 1.